The fourth-order valence-electron chi connectivity index (χ4n) is 4.67. The van der Waals surface area contributed by atoms with Crippen LogP contribution in [0.5, 0.6) is 0 Å². The van der Waals surface area contributed by atoms with Crippen molar-refractivity contribution in [3.8, 4) is 0 Å². The molecule has 2 aliphatic carbocycles. The van der Waals surface area contributed by atoms with Crippen molar-refractivity contribution in [1.82, 2.24) is 0 Å². The molecule has 0 aromatic heterocycles. The van der Waals surface area contributed by atoms with Crippen LogP contribution in [0.1, 0.15) is 13.8 Å². The van der Waals surface area contributed by atoms with Gasteiger partial charge in [0.1, 0.15) is 0 Å². The van der Waals surface area contributed by atoms with E-state index in [9.17, 15) is 0 Å². The Morgan fingerprint density at radius 3 is 1.26 bits per heavy atom. The first-order chi connectivity index (χ1) is 15.1. The van der Waals surface area contributed by atoms with Crippen LogP contribution < -0.4 is 0 Å². The molecule has 0 atom stereocenters. The first-order valence-electron chi connectivity index (χ1n) is 10.4. The van der Waals surface area contributed by atoms with Crippen molar-refractivity contribution in [2.75, 3.05) is 0 Å². The predicted octanol–water partition coefficient (Wildman–Crippen LogP) is 8.57. The summed E-state index contributed by atoms with van der Waals surface area (Å²) >= 11 is 0. The molecule has 2 rings (SSSR count). The van der Waals surface area contributed by atoms with Gasteiger partial charge in [-0.15, -0.1) is 0 Å². The van der Waals surface area contributed by atoms with E-state index in [0.717, 1.165) is 39.0 Å². The summed E-state index contributed by atoms with van der Waals surface area (Å²) in [4.78, 5) is 0. The van der Waals surface area contributed by atoms with E-state index >= 15 is 0 Å². The summed E-state index contributed by atoms with van der Waals surface area (Å²) in [5, 5.41) is 0. The van der Waals surface area contributed by atoms with Crippen LogP contribution in [0.15, 0.2) is 169 Å². The minimum atomic E-state index is -0.571. The highest BCUT2D eigenvalue weighted by atomic mass is 14.5. The molecule has 0 fully saturated rings. The second-order valence-electron chi connectivity index (χ2n) is 7.07. The molecule has 2 aliphatic rings. The van der Waals surface area contributed by atoms with Crippen molar-refractivity contribution in [2.45, 2.75) is 13.8 Å². The van der Waals surface area contributed by atoms with Crippen molar-refractivity contribution in [3.05, 3.63) is 169 Å². The Hall–Kier alpha value is -3.64. The Bertz CT molecular complexity index is 1020. The van der Waals surface area contributed by atoms with Gasteiger partial charge in [-0.05, 0) is 58.4 Å². The van der Waals surface area contributed by atoms with Crippen LogP contribution in [-0.2, 0) is 0 Å². The molecule has 0 heteroatoms. The average molecular weight is 405 g/mol. The van der Waals surface area contributed by atoms with E-state index < -0.39 is 5.41 Å². The third kappa shape index (κ3) is 3.55. The van der Waals surface area contributed by atoms with E-state index in [2.05, 4.69) is 75.9 Å². The fraction of sp³-hybridized carbons (Fsp3) is 0.0968. The molecule has 0 aromatic rings. The zero-order chi connectivity index (χ0) is 23.0. The van der Waals surface area contributed by atoms with Gasteiger partial charge in [0, 0.05) is 0 Å². The quantitative estimate of drug-likeness (QED) is 0.320. The standard InChI is InChI=1S/C31H32/c1-9-17-21-29-23(13-5)24(14-6)30(22-18-10-2)31(29)27(16-8)25(15-7)26(19-11-3)28(31)20-12-4/h9-22H,1-2,5-8H2,3-4H3/b19-11-,20-12-,21-17-,22-18-. The summed E-state index contributed by atoms with van der Waals surface area (Å²) in [7, 11) is 0. The lowest BCUT2D eigenvalue weighted by molar-refractivity contribution is 0.692. The van der Waals surface area contributed by atoms with E-state index in [1.165, 1.54) is 5.57 Å². The number of rotatable bonds is 10. The molecule has 0 aromatic carbocycles. The minimum Gasteiger partial charge on any atom is -0.0991 e. The van der Waals surface area contributed by atoms with Gasteiger partial charge in [0.05, 0.1) is 5.41 Å². The van der Waals surface area contributed by atoms with Crippen LogP contribution in [0, 0.1) is 5.41 Å². The normalized spacial score (nSPS) is 18.6. The zero-order valence-corrected chi connectivity index (χ0v) is 18.8. The Morgan fingerprint density at radius 1 is 0.484 bits per heavy atom. The Morgan fingerprint density at radius 2 is 0.903 bits per heavy atom. The summed E-state index contributed by atoms with van der Waals surface area (Å²) in [6, 6.07) is 0. The van der Waals surface area contributed by atoms with Crippen LogP contribution >= 0.6 is 0 Å². The molecule has 0 saturated carbocycles. The van der Waals surface area contributed by atoms with Gasteiger partial charge in [-0.3, -0.25) is 0 Å². The number of allylic oxidation sites excluding steroid dienone is 22. The predicted molar refractivity (Wildman–Crippen MR) is 140 cm³/mol. The molecule has 0 radical (unpaired) electrons. The van der Waals surface area contributed by atoms with Gasteiger partial charge in [-0.2, -0.15) is 0 Å². The molecule has 0 unspecified atom stereocenters. The summed E-state index contributed by atoms with van der Waals surface area (Å²) in [5.41, 5.74) is 8.21. The van der Waals surface area contributed by atoms with E-state index in [0.29, 0.717) is 0 Å². The summed E-state index contributed by atoms with van der Waals surface area (Å²) in [6.07, 6.45) is 27.9. The Labute approximate surface area is 188 Å². The van der Waals surface area contributed by atoms with Gasteiger partial charge in [-0.25, -0.2) is 0 Å². The third-order valence-electron chi connectivity index (χ3n) is 5.64. The Kier molecular flexibility index (Phi) is 7.94. The van der Waals surface area contributed by atoms with Gasteiger partial charge < -0.3 is 0 Å². The largest absolute Gasteiger partial charge is 0.0991 e. The van der Waals surface area contributed by atoms with Crippen LogP contribution in [0.25, 0.3) is 0 Å². The van der Waals surface area contributed by atoms with E-state index in [-0.39, 0.29) is 0 Å². The van der Waals surface area contributed by atoms with Crippen molar-refractivity contribution in [1.29, 1.82) is 0 Å². The highest BCUT2D eigenvalue weighted by molar-refractivity contribution is 5.82. The molecule has 0 aliphatic heterocycles. The van der Waals surface area contributed by atoms with Crippen LogP contribution in [-0.4, -0.2) is 0 Å². The zero-order valence-electron chi connectivity index (χ0n) is 18.8. The maximum absolute atomic E-state index is 4.21. The van der Waals surface area contributed by atoms with Crippen LogP contribution in [0.4, 0.5) is 0 Å². The molecule has 1 spiro atoms. The van der Waals surface area contributed by atoms with Crippen molar-refractivity contribution in [3.63, 3.8) is 0 Å². The van der Waals surface area contributed by atoms with E-state index in [1.54, 1.807) is 12.2 Å². The summed E-state index contributed by atoms with van der Waals surface area (Å²) < 4.78 is 0. The lowest BCUT2D eigenvalue weighted by Gasteiger charge is -2.34. The molecule has 0 amide bonds. The minimum absolute atomic E-state index is 0.571. The fourth-order valence-corrected chi connectivity index (χ4v) is 4.67. The molecule has 0 N–H and O–H groups in total. The lowest BCUT2D eigenvalue weighted by atomic mass is 9.66. The van der Waals surface area contributed by atoms with Gasteiger partial charge in [-0.1, -0.05) is 125 Å². The first kappa shape index (κ1) is 23.6. The van der Waals surface area contributed by atoms with Gasteiger partial charge >= 0.3 is 0 Å². The second-order valence-corrected chi connectivity index (χ2v) is 7.07. The summed E-state index contributed by atoms with van der Waals surface area (Å²) in [6.45, 7) is 28.4. The molecule has 0 heterocycles. The number of hydrogen-bond acceptors (Lipinski definition) is 0. The third-order valence-corrected chi connectivity index (χ3v) is 5.64. The van der Waals surface area contributed by atoms with E-state index in [4.69, 9.17) is 0 Å². The molecular formula is C31H32. The van der Waals surface area contributed by atoms with Crippen molar-refractivity contribution < 1.29 is 0 Å². The molecule has 0 nitrogen and oxygen atoms in total. The monoisotopic (exact) mass is 404 g/mol. The Balaban J connectivity index is 3.29. The molecule has 0 saturated heterocycles. The van der Waals surface area contributed by atoms with Gasteiger partial charge in [0.25, 0.3) is 0 Å². The van der Waals surface area contributed by atoms with Crippen LogP contribution in [0.2, 0.25) is 0 Å². The topological polar surface area (TPSA) is 0 Å². The smallest absolute Gasteiger partial charge is 0.0725 e. The van der Waals surface area contributed by atoms with Crippen molar-refractivity contribution >= 4 is 0 Å². The molecular weight excluding hydrogens is 372 g/mol. The number of hydrogen-bond donors (Lipinski definition) is 0. The molecule has 156 valence electrons. The maximum Gasteiger partial charge on any atom is 0.0725 e. The second kappa shape index (κ2) is 10.4. The maximum atomic E-state index is 4.21. The van der Waals surface area contributed by atoms with Gasteiger partial charge in [0.15, 0.2) is 0 Å². The highest BCUT2D eigenvalue weighted by Crippen LogP contribution is 2.63. The lowest BCUT2D eigenvalue weighted by Crippen LogP contribution is -2.25. The van der Waals surface area contributed by atoms with Crippen LogP contribution in [0.3, 0.4) is 0 Å². The highest BCUT2D eigenvalue weighted by Gasteiger charge is 2.52. The molecule has 31 heavy (non-hydrogen) atoms. The summed E-state index contributed by atoms with van der Waals surface area (Å²) in [5.74, 6) is 0. The SMILES string of the molecule is C=C/C=C\C1=C(C=C)C(C=C)=C(/C=C\C=C)C12C(C=C)=C(C=C)C(/C=C\C)=C2/C=C\C. The average Bonchev–Trinajstić information content (AvgIpc) is 3.20. The van der Waals surface area contributed by atoms with E-state index in [1.807, 2.05) is 50.3 Å². The molecule has 0 bridgehead atoms. The van der Waals surface area contributed by atoms with Crippen molar-refractivity contribution in [2.24, 2.45) is 5.41 Å². The van der Waals surface area contributed by atoms with Gasteiger partial charge in [0.2, 0.25) is 0 Å². The first-order valence-corrected chi connectivity index (χ1v) is 10.4.